The Hall–Kier alpha value is 0.240. The highest BCUT2D eigenvalue weighted by molar-refractivity contribution is 9.10. The van der Waals surface area contributed by atoms with Gasteiger partial charge in [-0.05, 0) is 12.3 Å². The largest absolute Gasteiger partial charge is 0.369 e. The topological polar surface area (TPSA) is 43.1 Å². The molecule has 0 aliphatic rings. The van der Waals surface area contributed by atoms with E-state index in [1.807, 2.05) is 13.8 Å². The Labute approximate surface area is 80.6 Å². The van der Waals surface area contributed by atoms with Crippen LogP contribution in [0.4, 0.5) is 0 Å². The maximum Gasteiger partial charge on any atom is 0.231 e. The maximum atomic E-state index is 10.6. The minimum Gasteiger partial charge on any atom is -0.369 e. The van der Waals surface area contributed by atoms with Crippen LogP contribution in [0.15, 0.2) is 0 Å². The molecule has 2 atom stereocenters. The first-order chi connectivity index (χ1) is 4.95. The molecule has 0 aromatic heterocycles. The lowest BCUT2D eigenvalue weighted by Gasteiger charge is -2.14. The molecule has 0 aliphatic carbocycles. The molecule has 0 aliphatic heterocycles. The van der Waals surface area contributed by atoms with E-state index in [1.54, 1.807) is 0 Å². The second-order valence-corrected chi connectivity index (χ2v) is 4.53. The predicted molar refractivity (Wildman–Crippen MR) is 51.0 cm³/mol. The molecule has 0 fully saturated rings. The first-order valence-electron chi connectivity index (χ1n) is 3.52. The smallest absolute Gasteiger partial charge is 0.231 e. The molecule has 0 bridgehead atoms. The molecule has 0 radical (unpaired) electrons. The monoisotopic (exact) mass is 241 g/mol. The van der Waals surface area contributed by atoms with Crippen LogP contribution in [0.1, 0.15) is 20.3 Å². The standard InChI is InChI=1S/C7H13BrClNO/c1-4(2)6(9)3-5(8)7(10)11/h4-6H,3H2,1-2H3,(H2,10,11). The van der Waals surface area contributed by atoms with Crippen molar-refractivity contribution in [1.82, 2.24) is 0 Å². The van der Waals surface area contributed by atoms with Crippen LogP contribution in [-0.4, -0.2) is 16.1 Å². The van der Waals surface area contributed by atoms with Gasteiger partial charge in [0.05, 0.1) is 4.83 Å². The Morgan fingerprint density at radius 2 is 2.09 bits per heavy atom. The lowest BCUT2D eigenvalue weighted by atomic mass is 10.1. The summed E-state index contributed by atoms with van der Waals surface area (Å²) in [6, 6.07) is 0. The van der Waals surface area contributed by atoms with Crippen molar-refractivity contribution in [3.8, 4) is 0 Å². The molecule has 1 amide bonds. The van der Waals surface area contributed by atoms with Crippen LogP contribution < -0.4 is 5.73 Å². The van der Waals surface area contributed by atoms with Crippen LogP contribution in [0.3, 0.4) is 0 Å². The fourth-order valence-corrected chi connectivity index (χ4v) is 1.38. The third-order valence-electron chi connectivity index (χ3n) is 1.46. The number of halogens is 2. The molecule has 0 aromatic carbocycles. The zero-order valence-corrected chi connectivity index (χ0v) is 9.02. The van der Waals surface area contributed by atoms with Crippen LogP contribution in [0.25, 0.3) is 0 Å². The predicted octanol–water partition coefficient (Wildman–Crippen LogP) is 1.89. The molecular weight excluding hydrogens is 229 g/mol. The van der Waals surface area contributed by atoms with Crippen molar-refractivity contribution in [2.45, 2.75) is 30.5 Å². The lowest BCUT2D eigenvalue weighted by Crippen LogP contribution is -2.27. The summed E-state index contributed by atoms with van der Waals surface area (Å²) >= 11 is 9.07. The van der Waals surface area contributed by atoms with Gasteiger partial charge < -0.3 is 5.73 Å². The fraction of sp³-hybridized carbons (Fsp3) is 0.857. The summed E-state index contributed by atoms with van der Waals surface area (Å²) < 4.78 is 0. The molecule has 11 heavy (non-hydrogen) atoms. The van der Waals surface area contributed by atoms with Crippen LogP contribution in [-0.2, 0) is 4.79 Å². The minimum absolute atomic E-state index is 0.00637. The van der Waals surface area contributed by atoms with E-state index in [0.29, 0.717) is 12.3 Å². The van der Waals surface area contributed by atoms with Gasteiger partial charge in [0.2, 0.25) is 5.91 Å². The number of alkyl halides is 2. The van der Waals surface area contributed by atoms with E-state index >= 15 is 0 Å². The average molecular weight is 243 g/mol. The molecule has 0 heterocycles. The summed E-state index contributed by atoms with van der Waals surface area (Å²) in [7, 11) is 0. The maximum absolute atomic E-state index is 10.6. The Balaban J connectivity index is 3.75. The normalized spacial score (nSPS) is 16.5. The number of carbonyl (C=O) groups is 1. The van der Waals surface area contributed by atoms with Crippen molar-refractivity contribution in [3.05, 3.63) is 0 Å². The fourth-order valence-electron chi connectivity index (χ4n) is 0.586. The van der Waals surface area contributed by atoms with E-state index in [1.165, 1.54) is 0 Å². The summed E-state index contributed by atoms with van der Waals surface area (Å²) in [5.41, 5.74) is 5.04. The molecule has 4 heteroatoms. The molecule has 66 valence electrons. The third kappa shape index (κ3) is 4.64. The van der Waals surface area contributed by atoms with Crippen LogP contribution in [0, 0.1) is 5.92 Å². The van der Waals surface area contributed by atoms with Crippen molar-refractivity contribution in [2.75, 3.05) is 0 Å². The van der Waals surface area contributed by atoms with Gasteiger partial charge in [0, 0.05) is 5.38 Å². The van der Waals surface area contributed by atoms with Gasteiger partial charge in [-0.3, -0.25) is 4.79 Å². The van der Waals surface area contributed by atoms with E-state index in [-0.39, 0.29) is 16.1 Å². The highest BCUT2D eigenvalue weighted by Gasteiger charge is 2.18. The van der Waals surface area contributed by atoms with Crippen molar-refractivity contribution in [1.29, 1.82) is 0 Å². The highest BCUT2D eigenvalue weighted by atomic mass is 79.9. The molecule has 0 aromatic rings. The van der Waals surface area contributed by atoms with E-state index in [9.17, 15) is 4.79 Å². The van der Waals surface area contributed by atoms with Gasteiger partial charge in [-0.25, -0.2) is 0 Å². The summed E-state index contributed by atoms with van der Waals surface area (Å²) in [5, 5.41) is 0.00637. The average Bonchev–Trinajstić information content (AvgIpc) is 1.87. The van der Waals surface area contributed by atoms with E-state index in [0.717, 1.165) is 0 Å². The van der Waals surface area contributed by atoms with Gasteiger partial charge in [-0.15, -0.1) is 11.6 Å². The molecule has 0 saturated heterocycles. The summed E-state index contributed by atoms with van der Waals surface area (Å²) in [5.74, 6) is 0.0207. The number of nitrogens with two attached hydrogens (primary N) is 1. The minimum atomic E-state index is -0.351. The van der Waals surface area contributed by atoms with Crippen LogP contribution >= 0.6 is 27.5 Å². The molecular formula is C7H13BrClNO. The van der Waals surface area contributed by atoms with Gasteiger partial charge >= 0.3 is 0 Å². The quantitative estimate of drug-likeness (QED) is 0.752. The van der Waals surface area contributed by atoms with Crippen LogP contribution in [0.2, 0.25) is 0 Å². The second-order valence-electron chi connectivity index (χ2n) is 2.87. The molecule has 0 rings (SSSR count). The Kier molecular flexibility index (Phi) is 5.10. The van der Waals surface area contributed by atoms with Gasteiger partial charge in [-0.1, -0.05) is 29.8 Å². The van der Waals surface area contributed by atoms with Crippen molar-refractivity contribution < 1.29 is 4.79 Å². The Morgan fingerprint density at radius 3 is 2.36 bits per heavy atom. The van der Waals surface area contributed by atoms with Gasteiger partial charge in [0.25, 0.3) is 0 Å². The first kappa shape index (κ1) is 11.2. The van der Waals surface area contributed by atoms with Gasteiger partial charge in [0.1, 0.15) is 0 Å². The number of hydrogen-bond acceptors (Lipinski definition) is 1. The summed E-state index contributed by atoms with van der Waals surface area (Å²) in [6.45, 7) is 4.02. The third-order valence-corrected chi connectivity index (χ3v) is 2.97. The summed E-state index contributed by atoms with van der Waals surface area (Å²) in [6.07, 6.45) is 0.592. The zero-order valence-electron chi connectivity index (χ0n) is 6.68. The number of primary amides is 1. The zero-order chi connectivity index (χ0) is 9.02. The molecule has 0 spiro atoms. The summed E-state index contributed by atoms with van der Waals surface area (Å²) in [4.78, 5) is 10.3. The van der Waals surface area contributed by atoms with E-state index < -0.39 is 0 Å². The number of rotatable bonds is 4. The number of carbonyl (C=O) groups excluding carboxylic acids is 1. The molecule has 2 nitrogen and oxygen atoms in total. The van der Waals surface area contributed by atoms with E-state index in [4.69, 9.17) is 17.3 Å². The van der Waals surface area contributed by atoms with Crippen molar-refractivity contribution >= 4 is 33.4 Å². The Morgan fingerprint density at radius 1 is 1.64 bits per heavy atom. The molecule has 2 unspecified atom stereocenters. The second kappa shape index (κ2) is 4.99. The first-order valence-corrected chi connectivity index (χ1v) is 4.87. The van der Waals surface area contributed by atoms with Gasteiger partial charge in [0.15, 0.2) is 0 Å². The van der Waals surface area contributed by atoms with Crippen molar-refractivity contribution in [3.63, 3.8) is 0 Å². The Bertz CT molecular complexity index is 140. The number of amides is 1. The van der Waals surface area contributed by atoms with Crippen LogP contribution in [0.5, 0.6) is 0 Å². The highest BCUT2D eigenvalue weighted by Crippen LogP contribution is 2.19. The number of hydrogen-bond donors (Lipinski definition) is 1. The van der Waals surface area contributed by atoms with E-state index in [2.05, 4.69) is 15.9 Å². The molecule has 0 saturated carbocycles. The lowest BCUT2D eigenvalue weighted by molar-refractivity contribution is -0.117. The van der Waals surface area contributed by atoms with Gasteiger partial charge in [-0.2, -0.15) is 0 Å². The van der Waals surface area contributed by atoms with Crippen molar-refractivity contribution in [2.24, 2.45) is 11.7 Å². The SMILES string of the molecule is CC(C)C(Cl)CC(Br)C(N)=O. The molecule has 2 N–H and O–H groups in total.